The fourth-order valence-corrected chi connectivity index (χ4v) is 2.68. The van der Waals surface area contributed by atoms with Crippen molar-refractivity contribution < 1.29 is 14.3 Å². The number of amides is 1. The summed E-state index contributed by atoms with van der Waals surface area (Å²) < 4.78 is 5.99. The minimum atomic E-state index is -0.657. The van der Waals surface area contributed by atoms with Gasteiger partial charge in [0.2, 0.25) is 0 Å². The van der Waals surface area contributed by atoms with Crippen LogP contribution in [0.25, 0.3) is 6.08 Å². The van der Waals surface area contributed by atoms with Crippen LogP contribution in [0.4, 0.5) is 0 Å². The van der Waals surface area contributed by atoms with Gasteiger partial charge in [-0.25, -0.2) is 4.98 Å². The monoisotopic (exact) mass is 455 g/mol. The Bertz CT molecular complexity index is 944. The number of carbonyl (C=O) groups excluding carboxylic acids is 2. The van der Waals surface area contributed by atoms with E-state index in [1.54, 1.807) is 39.0 Å². The van der Waals surface area contributed by atoms with Crippen molar-refractivity contribution in [3.8, 4) is 6.07 Å². The van der Waals surface area contributed by atoms with Crippen molar-refractivity contribution in [3.05, 3.63) is 70.0 Å². The first kappa shape index (κ1) is 22.3. The lowest BCUT2D eigenvalue weighted by Gasteiger charge is -2.22. The normalized spacial score (nSPS) is 12.6. The Morgan fingerprint density at radius 1 is 1.21 bits per heavy atom. The Kier molecular flexibility index (Phi) is 7.68. The Labute approximate surface area is 178 Å². The molecule has 29 heavy (non-hydrogen) atoms. The van der Waals surface area contributed by atoms with Gasteiger partial charge in [-0.3, -0.25) is 9.59 Å². The number of pyridine rings is 1. The van der Waals surface area contributed by atoms with Crippen LogP contribution in [-0.4, -0.2) is 23.5 Å². The third-order valence-corrected chi connectivity index (χ3v) is 4.34. The first-order valence-electron chi connectivity index (χ1n) is 8.98. The summed E-state index contributed by atoms with van der Waals surface area (Å²) in [6.07, 6.45) is 1.41. The molecule has 0 radical (unpaired) electrons. The molecule has 1 aromatic carbocycles. The molecule has 1 N–H and O–H groups in total. The number of nitriles is 1. The predicted octanol–water partition coefficient (Wildman–Crippen LogP) is 4.20. The van der Waals surface area contributed by atoms with Gasteiger partial charge in [-0.15, -0.1) is 0 Å². The van der Waals surface area contributed by atoms with E-state index in [1.807, 2.05) is 36.4 Å². The quantitative estimate of drug-likeness (QED) is 0.305. The van der Waals surface area contributed by atoms with Gasteiger partial charge in [0.05, 0.1) is 17.2 Å². The number of hydrogen-bond donors (Lipinski definition) is 1. The summed E-state index contributed by atoms with van der Waals surface area (Å²) in [5.74, 6) is -0.947. The summed E-state index contributed by atoms with van der Waals surface area (Å²) in [5, 5.41) is 12.2. The highest BCUT2D eigenvalue weighted by molar-refractivity contribution is 9.10. The molecule has 150 valence electrons. The summed E-state index contributed by atoms with van der Waals surface area (Å²) >= 11 is 3.26. The first-order chi connectivity index (χ1) is 13.7. The molecule has 0 saturated carbocycles. The van der Waals surface area contributed by atoms with E-state index in [0.29, 0.717) is 10.3 Å². The van der Waals surface area contributed by atoms with Crippen LogP contribution in [0, 0.1) is 16.7 Å². The molecule has 1 atom stereocenters. The number of halogens is 1. The van der Waals surface area contributed by atoms with Crippen LogP contribution in [0.1, 0.15) is 38.1 Å². The Morgan fingerprint density at radius 2 is 1.90 bits per heavy atom. The standard InChI is InChI=1S/C22H22BrN3O3/c1-22(2,3)21(28)29-14-18(15-8-5-4-6-9-15)26-20(27)16(13-24)12-17-10-7-11-19(23)25-17/h4-12,18H,14H2,1-3H3,(H,26,27)/b16-12+/t18-/m0/s1. The van der Waals surface area contributed by atoms with Gasteiger partial charge in [0.25, 0.3) is 5.91 Å². The predicted molar refractivity (Wildman–Crippen MR) is 113 cm³/mol. The maximum Gasteiger partial charge on any atom is 0.311 e. The minimum absolute atomic E-state index is 0.0420. The molecule has 6 nitrogen and oxygen atoms in total. The van der Waals surface area contributed by atoms with Gasteiger partial charge in [0.1, 0.15) is 22.9 Å². The van der Waals surface area contributed by atoms with E-state index >= 15 is 0 Å². The maximum absolute atomic E-state index is 12.7. The molecule has 2 rings (SSSR count). The summed E-state index contributed by atoms with van der Waals surface area (Å²) in [6, 6.07) is 15.6. The molecule has 1 aromatic heterocycles. The largest absolute Gasteiger partial charge is 0.463 e. The van der Waals surface area contributed by atoms with Gasteiger partial charge in [-0.1, -0.05) is 36.4 Å². The second-order valence-corrected chi connectivity index (χ2v) is 8.15. The molecule has 0 aliphatic carbocycles. The Hall–Kier alpha value is -2.98. The molecule has 0 saturated heterocycles. The second kappa shape index (κ2) is 9.99. The van der Waals surface area contributed by atoms with E-state index < -0.39 is 17.4 Å². The summed E-state index contributed by atoms with van der Waals surface area (Å²) in [5.41, 5.74) is 0.482. The van der Waals surface area contributed by atoms with Crippen molar-refractivity contribution in [2.75, 3.05) is 6.61 Å². The zero-order valence-electron chi connectivity index (χ0n) is 16.5. The number of esters is 1. The van der Waals surface area contributed by atoms with Gasteiger partial charge in [-0.05, 0) is 60.5 Å². The highest BCUT2D eigenvalue weighted by Gasteiger charge is 2.25. The van der Waals surface area contributed by atoms with E-state index in [4.69, 9.17) is 4.74 Å². The lowest BCUT2D eigenvalue weighted by atomic mass is 9.97. The molecule has 1 amide bonds. The van der Waals surface area contributed by atoms with Crippen LogP contribution in [0.5, 0.6) is 0 Å². The van der Waals surface area contributed by atoms with Gasteiger partial charge in [0.15, 0.2) is 0 Å². The molecular weight excluding hydrogens is 434 g/mol. The summed E-state index contributed by atoms with van der Waals surface area (Å²) in [7, 11) is 0. The second-order valence-electron chi connectivity index (χ2n) is 7.34. The van der Waals surface area contributed by atoms with Crippen molar-refractivity contribution in [2.45, 2.75) is 26.8 Å². The zero-order chi connectivity index (χ0) is 21.4. The number of carbonyl (C=O) groups is 2. The molecule has 2 aromatic rings. The van der Waals surface area contributed by atoms with Crippen molar-refractivity contribution in [1.82, 2.24) is 10.3 Å². The number of benzene rings is 1. The average Bonchev–Trinajstić information content (AvgIpc) is 2.68. The highest BCUT2D eigenvalue weighted by Crippen LogP contribution is 2.19. The van der Waals surface area contributed by atoms with E-state index in [-0.39, 0.29) is 18.1 Å². The summed E-state index contributed by atoms with van der Waals surface area (Å²) in [6.45, 7) is 5.23. The molecule has 0 unspecified atom stereocenters. The molecule has 0 spiro atoms. The molecule has 1 heterocycles. The third kappa shape index (κ3) is 6.84. The first-order valence-corrected chi connectivity index (χ1v) is 9.77. The van der Waals surface area contributed by atoms with Gasteiger partial charge in [-0.2, -0.15) is 5.26 Å². The van der Waals surface area contributed by atoms with E-state index in [1.165, 1.54) is 6.08 Å². The molecule has 0 aliphatic heterocycles. The molecule has 0 fully saturated rings. The van der Waals surface area contributed by atoms with Crippen molar-refractivity contribution >= 4 is 33.9 Å². The number of rotatable bonds is 6. The lowest BCUT2D eigenvalue weighted by Crippen LogP contribution is -2.34. The van der Waals surface area contributed by atoms with Crippen LogP contribution in [-0.2, 0) is 14.3 Å². The molecule has 0 bridgehead atoms. The third-order valence-electron chi connectivity index (χ3n) is 3.89. The van der Waals surface area contributed by atoms with E-state index in [9.17, 15) is 14.9 Å². The van der Waals surface area contributed by atoms with Crippen LogP contribution < -0.4 is 5.32 Å². The van der Waals surface area contributed by atoms with Gasteiger partial charge >= 0.3 is 5.97 Å². The van der Waals surface area contributed by atoms with Crippen molar-refractivity contribution in [1.29, 1.82) is 5.26 Å². The topological polar surface area (TPSA) is 92.1 Å². The average molecular weight is 456 g/mol. The van der Waals surface area contributed by atoms with Crippen LogP contribution in [0.3, 0.4) is 0 Å². The SMILES string of the molecule is CC(C)(C)C(=O)OC[C@H](NC(=O)/C(C#N)=C/c1cccc(Br)n1)c1ccccc1. The fraction of sp³-hybridized carbons (Fsp3) is 0.273. The molecule has 7 heteroatoms. The highest BCUT2D eigenvalue weighted by atomic mass is 79.9. The summed E-state index contributed by atoms with van der Waals surface area (Å²) in [4.78, 5) is 29.1. The number of nitrogens with one attached hydrogen (secondary N) is 1. The smallest absolute Gasteiger partial charge is 0.311 e. The lowest BCUT2D eigenvalue weighted by molar-refractivity contribution is -0.154. The van der Waals surface area contributed by atoms with Crippen LogP contribution in [0.2, 0.25) is 0 Å². The number of ether oxygens (including phenoxy) is 1. The number of aromatic nitrogens is 1. The Balaban J connectivity index is 2.21. The van der Waals surface area contributed by atoms with Crippen molar-refractivity contribution in [3.63, 3.8) is 0 Å². The molecular formula is C22H22BrN3O3. The fourth-order valence-electron chi connectivity index (χ4n) is 2.32. The maximum atomic E-state index is 12.7. The number of nitrogens with zero attached hydrogens (tertiary/aromatic N) is 2. The van der Waals surface area contributed by atoms with Crippen LogP contribution >= 0.6 is 15.9 Å². The Morgan fingerprint density at radius 3 is 2.48 bits per heavy atom. The minimum Gasteiger partial charge on any atom is -0.463 e. The van der Waals surface area contributed by atoms with Gasteiger partial charge in [0, 0.05) is 0 Å². The zero-order valence-corrected chi connectivity index (χ0v) is 18.1. The number of hydrogen-bond acceptors (Lipinski definition) is 5. The molecule has 0 aliphatic rings. The van der Waals surface area contributed by atoms with Gasteiger partial charge < -0.3 is 10.1 Å². The van der Waals surface area contributed by atoms with Crippen LogP contribution in [0.15, 0.2) is 58.7 Å². The van der Waals surface area contributed by atoms with E-state index in [2.05, 4.69) is 26.2 Å². The van der Waals surface area contributed by atoms with Crippen molar-refractivity contribution in [2.24, 2.45) is 5.41 Å². The van der Waals surface area contributed by atoms with E-state index in [0.717, 1.165) is 5.56 Å².